The maximum absolute atomic E-state index is 11.8. The van der Waals surface area contributed by atoms with E-state index in [-0.39, 0.29) is 5.91 Å². The summed E-state index contributed by atoms with van der Waals surface area (Å²) in [6.45, 7) is 4.17. The number of rotatable bonds is 7. The molecule has 1 aromatic carbocycles. The summed E-state index contributed by atoms with van der Waals surface area (Å²) in [5, 5.41) is 11.9. The Morgan fingerprint density at radius 3 is 2.81 bits per heavy atom. The number of hydrogen-bond donors (Lipinski definition) is 2. The second-order valence-corrected chi connectivity index (χ2v) is 4.84. The third-order valence-corrected chi connectivity index (χ3v) is 2.83. The molecule has 0 aliphatic heterocycles. The first-order valence-corrected chi connectivity index (χ1v) is 6.96. The lowest BCUT2D eigenvalue weighted by Crippen LogP contribution is -2.36. The SMILES string of the molecule is CCCNC(=O)C(C)Oc1ccc(Cl)cc1/C=C/C(=O)O. The maximum Gasteiger partial charge on any atom is 0.328 e. The van der Waals surface area contributed by atoms with E-state index in [9.17, 15) is 9.59 Å². The highest BCUT2D eigenvalue weighted by Gasteiger charge is 2.15. The van der Waals surface area contributed by atoms with Crippen molar-refractivity contribution in [2.75, 3.05) is 6.54 Å². The average Bonchev–Trinajstić information content (AvgIpc) is 2.44. The van der Waals surface area contributed by atoms with Gasteiger partial charge in [0.15, 0.2) is 6.10 Å². The standard InChI is InChI=1S/C15H18ClNO4/c1-3-8-17-15(20)10(2)21-13-6-5-12(16)9-11(13)4-7-14(18)19/h4-7,9-10H,3,8H2,1-2H3,(H,17,20)(H,18,19)/b7-4+. The van der Waals surface area contributed by atoms with Crippen molar-refractivity contribution in [3.63, 3.8) is 0 Å². The highest BCUT2D eigenvalue weighted by atomic mass is 35.5. The quantitative estimate of drug-likeness (QED) is 0.759. The molecule has 0 aromatic heterocycles. The first-order chi connectivity index (χ1) is 9.93. The van der Waals surface area contributed by atoms with Crippen LogP contribution in [-0.4, -0.2) is 29.6 Å². The van der Waals surface area contributed by atoms with Crippen LogP contribution in [0.1, 0.15) is 25.8 Å². The van der Waals surface area contributed by atoms with Gasteiger partial charge >= 0.3 is 5.97 Å². The van der Waals surface area contributed by atoms with Crippen LogP contribution < -0.4 is 10.1 Å². The van der Waals surface area contributed by atoms with Crippen LogP contribution in [0.25, 0.3) is 6.08 Å². The molecule has 114 valence electrons. The van der Waals surface area contributed by atoms with Crippen molar-refractivity contribution in [1.82, 2.24) is 5.32 Å². The third kappa shape index (κ3) is 5.87. The number of carbonyl (C=O) groups is 2. The van der Waals surface area contributed by atoms with Crippen LogP contribution in [0.15, 0.2) is 24.3 Å². The molecule has 0 bridgehead atoms. The number of carboxylic acids is 1. The number of hydrogen-bond acceptors (Lipinski definition) is 3. The van der Waals surface area contributed by atoms with Crippen molar-refractivity contribution in [1.29, 1.82) is 0 Å². The van der Waals surface area contributed by atoms with E-state index in [1.165, 1.54) is 6.08 Å². The van der Waals surface area contributed by atoms with Gasteiger partial charge in [-0.1, -0.05) is 18.5 Å². The van der Waals surface area contributed by atoms with Crippen molar-refractivity contribution < 1.29 is 19.4 Å². The highest BCUT2D eigenvalue weighted by Crippen LogP contribution is 2.25. The van der Waals surface area contributed by atoms with E-state index in [1.807, 2.05) is 6.92 Å². The topological polar surface area (TPSA) is 75.6 Å². The fourth-order valence-corrected chi connectivity index (χ4v) is 1.73. The van der Waals surface area contributed by atoms with Crippen molar-refractivity contribution in [3.05, 3.63) is 34.9 Å². The van der Waals surface area contributed by atoms with Crippen LogP contribution in [0.2, 0.25) is 5.02 Å². The van der Waals surface area contributed by atoms with Gasteiger partial charge in [-0.3, -0.25) is 4.79 Å². The van der Waals surface area contributed by atoms with Crippen LogP contribution in [0.4, 0.5) is 0 Å². The minimum atomic E-state index is -1.07. The van der Waals surface area contributed by atoms with E-state index < -0.39 is 12.1 Å². The third-order valence-electron chi connectivity index (χ3n) is 2.60. The molecular weight excluding hydrogens is 294 g/mol. The number of amides is 1. The molecule has 6 heteroatoms. The molecule has 2 N–H and O–H groups in total. The largest absolute Gasteiger partial charge is 0.480 e. The minimum Gasteiger partial charge on any atom is -0.480 e. The second-order valence-electron chi connectivity index (χ2n) is 4.40. The smallest absolute Gasteiger partial charge is 0.328 e. The van der Waals surface area contributed by atoms with E-state index >= 15 is 0 Å². The zero-order valence-corrected chi connectivity index (χ0v) is 12.7. The van der Waals surface area contributed by atoms with Crippen molar-refractivity contribution in [2.45, 2.75) is 26.4 Å². The Morgan fingerprint density at radius 2 is 2.19 bits per heavy atom. The Bertz CT molecular complexity index is 542. The van der Waals surface area contributed by atoms with Crippen molar-refractivity contribution in [2.24, 2.45) is 0 Å². The lowest BCUT2D eigenvalue weighted by atomic mass is 10.2. The fraction of sp³-hybridized carbons (Fsp3) is 0.333. The average molecular weight is 312 g/mol. The van der Waals surface area contributed by atoms with Gasteiger partial charge in [-0.05, 0) is 37.6 Å². The zero-order chi connectivity index (χ0) is 15.8. The van der Waals surface area contributed by atoms with Gasteiger partial charge in [0.25, 0.3) is 5.91 Å². The number of halogens is 1. The monoisotopic (exact) mass is 311 g/mol. The van der Waals surface area contributed by atoms with Crippen molar-refractivity contribution >= 4 is 29.6 Å². The Kier molecular flexibility index (Phi) is 6.75. The van der Waals surface area contributed by atoms with E-state index in [0.717, 1.165) is 12.5 Å². The Morgan fingerprint density at radius 1 is 1.48 bits per heavy atom. The Hall–Kier alpha value is -2.01. The molecular formula is C15H18ClNO4. The maximum atomic E-state index is 11.8. The van der Waals surface area contributed by atoms with Gasteiger partial charge in [-0.15, -0.1) is 0 Å². The van der Waals surface area contributed by atoms with Gasteiger partial charge in [-0.25, -0.2) is 4.79 Å². The predicted molar refractivity (Wildman–Crippen MR) is 81.5 cm³/mol. The number of nitrogens with one attached hydrogen (secondary N) is 1. The molecule has 0 radical (unpaired) electrons. The normalized spacial score (nSPS) is 12.1. The number of ether oxygens (including phenoxy) is 1. The Balaban J connectivity index is 2.87. The molecule has 0 saturated carbocycles. The van der Waals surface area contributed by atoms with E-state index in [0.29, 0.717) is 22.9 Å². The van der Waals surface area contributed by atoms with Crippen LogP contribution in [0, 0.1) is 0 Å². The molecule has 0 aliphatic rings. The Labute approximate surface area is 128 Å². The summed E-state index contributed by atoms with van der Waals surface area (Å²) in [5.74, 6) is -0.898. The summed E-state index contributed by atoms with van der Waals surface area (Å²) >= 11 is 5.88. The molecule has 0 fully saturated rings. The van der Waals surface area contributed by atoms with Gasteiger partial charge in [0.2, 0.25) is 0 Å². The molecule has 0 aliphatic carbocycles. The number of carbonyl (C=O) groups excluding carboxylic acids is 1. The molecule has 5 nitrogen and oxygen atoms in total. The molecule has 1 atom stereocenters. The highest BCUT2D eigenvalue weighted by molar-refractivity contribution is 6.30. The van der Waals surface area contributed by atoms with Crippen LogP contribution in [-0.2, 0) is 9.59 Å². The van der Waals surface area contributed by atoms with E-state index in [1.54, 1.807) is 25.1 Å². The number of carboxylic acid groups (broad SMARTS) is 1. The summed E-state index contributed by atoms with van der Waals surface area (Å²) < 4.78 is 5.58. The lowest BCUT2D eigenvalue weighted by Gasteiger charge is -2.16. The molecule has 21 heavy (non-hydrogen) atoms. The second kappa shape index (κ2) is 8.32. The molecule has 1 rings (SSSR count). The molecule has 1 amide bonds. The summed E-state index contributed by atoms with van der Waals surface area (Å²) in [6.07, 6.45) is 2.52. The fourth-order valence-electron chi connectivity index (χ4n) is 1.55. The number of benzene rings is 1. The predicted octanol–water partition coefficient (Wildman–Crippen LogP) is 2.73. The molecule has 0 heterocycles. The number of aliphatic carboxylic acids is 1. The van der Waals surface area contributed by atoms with E-state index in [2.05, 4.69) is 5.32 Å². The minimum absolute atomic E-state index is 0.222. The molecule has 1 aromatic rings. The van der Waals surface area contributed by atoms with Gasteiger partial charge in [-0.2, -0.15) is 0 Å². The molecule has 0 saturated heterocycles. The van der Waals surface area contributed by atoms with Crippen LogP contribution in [0.5, 0.6) is 5.75 Å². The summed E-state index contributed by atoms with van der Waals surface area (Å²) in [7, 11) is 0. The van der Waals surface area contributed by atoms with Gasteiger partial charge < -0.3 is 15.2 Å². The summed E-state index contributed by atoms with van der Waals surface area (Å²) in [5.41, 5.74) is 0.500. The van der Waals surface area contributed by atoms with Gasteiger partial charge in [0.1, 0.15) is 5.75 Å². The van der Waals surface area contributed by atoms with Gasteiger partial charge in [0.05, 0.1) is 0 Å². The molecule has 0 spiro atoms. The van der Waals surface area contributed by atoms with Crippen LogP contribution >= 0.6 is 11.6 Å². The molecule has 1 unspecified atom stereocenters. The first-order valence-electron chi connectivity index (χ1n) is 6.59. The zero-order valence-electron chi connectivity index (χ0n) is 11.9. The van der Waals surface area contributed by atoms with Crippen LogP contribution in [0.3, 0.4) is 0 Å². The lowest BCUT2D eigenvalue weighted by molar-refractivity contribution is -0.131. The van der Waals surface area contributed by atoms with Gasteiger partial charge in [0, 0.05) is 23.2 Å². The van der Waals surface area contributed by atoms with Crippen molar-refractivity contribution in [3.8, 4) is 5.75 Å². The first kappa shape index (κ1) is 17.0. The summed E-state index contributed by atoms with van der Waals surface area (Å²) in [4.78, 5) is 22.4. The summed E-state index contributed by atoms with van der Waals surface area (Å²) in [6, 6.07) is 4.80. The van der Waals surface area contributed by atoms with E-state index in [4.69, 9.17) is 21.4 Å².